The number of thiazole rings is 1. The van der Waals surface area contributed by atoms with Crippen LogP contribution in [-0.2, 0) is 16.4 Å². The molecule has 0 aliphatic carbocycles. The first kappa shape index (κ1) is 15.4. The van der Waals surface area contributed by atoms with E-state index < -0.39 is 10.0 Å². The zero-order valence-corrected chi connectivity index (χ0v) is 13.6. The maximum absolute atomic E-state index is 12.1. The van der Waals surface area contributed by atoms with Gasteiger partial charge in [-0.2, -0.15) is 0 Å². The third-order valence-corrected chi connectivity index (χ3v) is 5.63. The third-order valence-electron chi connectivity index (χ3n) is 2.77. The van der Waals surface area contributed by atoms with Crippen LogP contribution in [0.25, 0.3) is 0 Å². The van der Waals surface area contributed by atoms with Crippen molar-refractivity contribution >= 4 is 33.0 Å². The van der Waals surface area contributed by atoms with Gasteiger partial charge in [0.25, 0.3) is 0 Å². The van der Waals surface area contributed by atoms with Crippen molar-refractivity contribution in [3.63, 3.8) is 0 Å². The molecule has 1 aromatic heterocycles. The highest BCUT2D eigenvalue weighted by Gasteiger charge is 2.13. The summed E-state index contributed by atoms with van der Waals surface area (Å²) in [5.74, 6) is 0. The second-order valence-corrected chi connectivity index (χ2v) is 7.83. The predicted molar refractivity (Wildman–Crippen MR) is 81.9 cm³/mol. The molecule has 108 valence electrons. The molecule has 0 atom stereocenters. The highest BCUT2D eigenvalue weighted by atomic mass is 35.5. The lowest BCUT2D eigenvalue weighted by molar-refractivity contribution is 0.582. The summed E-state index contributed by atoms with van der Waals surface area (Å²) < 4.78 is 26.7. The summed E-state index contributed by atoms with van der Waals surface area (Å²) in [5, 5.41) is 1.51. The molecule has 0 saturated heterocycles. The Kier molecular flexibility index (Phi) is 4.80. The Morgan fingerprint density at radius 2 is 1.90 bits per heavy atom. The quantitative estimate of drug-likeness (QED) is 0.917. The lowest BCUT2D eigenvalue weighted by atomic mass is 10.3. The van der Waals surface area contributed by atoms with E-state index in [1.807, 2.05) is 13.8 Å². The molecule has 20 heavy (non-hydrogen) atoms. The number of sulfonamides is 1. The summed E-state index contributed by atoms with van der Waals surface area (Å²) in [4.78, 5) is 5.65. The van der Waals surface area contributed by atoms with Crippen LogP contribution in [0, 0.1) is 13.8 Å². The van der Waals surface area contributed by atoms with Crippen molar-refractivity contribution in [1.29, 1.82) is 0 Å². The van der Waals surface area contributed by atoms with Crippen LogP contribution in [0.2, 0.25) is 5.02 Å². The predicted octanol–water partition coefficient (Wildman–Crippen LogP) is 2.93. The summed E-state index contributed by atoms with van der Waals surface area (Å²) >= 11 is 7.34. The number of rotatable bonds is 5. The normalized spacial score (nSPS) is 11.8. The molecule has 1 heterocycles. The molecular weight excluding hydrogens is 316 g/mol. The first-order chi connectivity index (χ1) is 9.38. The zero-order chi connectivity index (χ0) is 14.8. The number of hydrogen-bond donors (Lipinski definition) is 1. The number of aryl methyl sites for hydroxylation is 2. The monoisotopic (exact) mass is 330 g/mol. The largest absolute Gasteiger partial charge is 0.247 e. The molecular formula is C13H15ClN2O2S2. The van der Waals surface area contributed by atoms with Crippen LogP contribution >= 0.6 is 22.9 Å². The molecule has 2 rings (SSSR count). The summed E-state index contributed by atoms with van der Waals surface area (Å²) in [6.07, 6.45) is 0.643. The molecule has 0 saturated carbocycles. The van der Waals surface area contributed by atoms with E-state index in [-0.39, 0.29) is 4.90 Å². The number of benzene rings is 1. The minimum absolute atomic E-state index is 0.221. The average Bonchev–Trinajstić information content (AvgIpc) is 2.68. The molecule has 1 N–H and O–H groups in total. The van der Waals surface area contributed by atoms with Crippen molar-refractivity contribution in [3.8, 4) is 0 Å². The number of halogens is 1. The smallest absolute Gasteiger partial charge is 0.240 e. The van der Waals surface area contributed by atoms with Crippen molar-refractivity contribution in [2.45, 2.75) is 25.2 Å². The first-order valence-corrected chi connectivity index (χ1v) is 8.74. The third kappa shape index (κ3) is 3.79. The molecule has 0 fully saturated rings. The van der Waals surface area contributed by atoms with E-state index in [2.05, 4.69) is 9.71 Å². The van der Waals surface area contributed by atoms with Gasteiger partial charge in [-0.05, 0) is 44.5 Å². The number of nitrogens with zero attached hydrogens (tertiary/aromatic N) is 1. The van der Waals surface area contributed by atoms with E-state index in [1.165, 1.54) is 12.1 Å². The maximum Gasteiger partial charge on any atom is 0.240 e. The first-order valence-electron chi connectivity index (χ1n) is 6.06. The molecule has 0 aliphatic heterocycles. The Morgan fingerprint density at radius 3 is 2.45 bits per heavy atom. The van der Waals surface area contributed by atoms with E-state index in [0.717, 1.165) is 15.6 Å². The molecule has 2 aromatic rings. The molecule has 1 aromatic carbocycles. The Morgan fingerprint density at radius 1 is 1.25 bits per heavy atom. The summed E-state index contributed by atoms with van der Waals surface area (Å²) in [6.45, 7) is 4.24. The topological polar surface area (TPSA) is 59.1 Å². The van der Waals surface area contributed by atoms with Crippen LogP contribution < -0.4 is 4.72 Å². The van der Waals surface area contributed by atoms with Crippen molar-refractivity contribution < 1.29 is 8.42 Å². The van der Waals surface area contributed by atoms with Crippen LogP contribution in [-0.4, -0.2) is 19.9 Å². The van der Waals surface area contributed by atoms with E-state index in [4.69, 9.17) is 11.6 Å². The van der Waals surface area contributed by atoms with Gasteiger partial charge >= 0.3 is 0 Å². The summed E-state index contributed by atoms with van der Waals surface area (Å²) in [7, 11) is -3.48. The highest BCUT2D eigenvalue weighted by Crippen LogP contribution is 2.18. The molecule has 0 aliphatic rings. The highest BCUT2D eigenvalue weighted by molar-refractivity contribution is 7.89. The van der Waals surface area contributed by atoms with Gasteiger partial charge in [0, 0.05) is 16.4 Å². The van der Waals surface area contributed by atoms with Crippen LogP contribution in [0.4, 0.5) is 0 Å². The minimum Gasteiger partial charge on any atom is -0.247 e. The van der Waals surface area contributed by atoms with Gasteiger partial charge < -0.3 is 0 Å². The molecule has 0 spiro atoms. The van der Waals surface area contributed by atoms with Gasteiger partial charge in [-0.3, -0.25) is 0 Å². The summed E-state index contributed by atoms with van der Waals surface area (Å²) in [5.41, 5.74) is 0.971. The Bertz CT molecular complexity index is 694. The molecule has 0 radical (unpaired) electrons. The van der Waals surface area contributed by atoms with Gasteiger partial charge in [0.1, 0.15) is 0 Å². The number of aromatic nitrogens is 1. The van der Waals surface area contributed by atoms with Crippen molar-refractivity contribution in [2.75, 3.05) is 6.54 Å². The fourth-order valence-corrected chi connectivity index (χ4v) is 3.90. The van der Waals surface area contributed by atoms with Crippen molar-refractivity contribution in [1.82, 2.24) is 9.71 Å². The van der Waals surface area contributed by atoms with E-state index in [1.54, 1.807) is 23.5 Å². The van der Waals surface area contributed by atoms with Gasteiger partial charge in [-0.15, -0.1) is 11.3 Å². The Labute approximate surface area is 127 Å². The summed E-state index contributed by atoms with van der Waals surface area (Å²) in [6, 6.07) is 6.11. The Hall–Kier alpha value is -0.950. The molecule has 0 bridgehead atoms. The molecule has 0 amide bonds. The molecule has 4 nitrogen and oxygen atoms in total. The standard InChI is InChI=1S/C13H15ClN2O2S2/c1-9-13(19-10(2)16-9)7-8-15-20(17,18)12-5-3-11(14)4-6-12/h3-6,15H,7-8H2,1-2H3. The lowest BCUT2D eigenvalue weighted by Crippen LogP contribution is -2.25. The lowest BCUT2D eigenvalue weighted by Gasteiger charge is -2.06. The van der Waals surface area contributed by atoms with E-state index in [9.17, 15) is 8.42 Å². The van der Waals surface area contributed by atoms with Gasteiger partial charge in [0.2, 0.25) is 10.0 Å². The van der Waals surface area contributed by atoms with Gasteiger partial charge in [0.05, 0.1) is 15.6 Å². The maximum atomic E-state index is 12.1. The number of hydrogen-bond acceptors (Lipinski definition) is 4. The van der Waals surface area contributed by atoms with Gasteiger partial charge in [-0.1, -0.05) is 11.6 Å². The number of nitrogens with one attached hydrogen (secondary N) is 1. The average molecular weight is 331 g/mol. The van der Waals surface area contributed by atoms with Crippen molar-refractivity contribution in [3.05, 3.63) is 44.9 Å². The fraction of sp³-hybridized carbons (Fsp3) is 0.308. The van der Waals surface area contributed by atoms with Gasteiger partial charge in [-0.25, -0.2) is 18.1 Å². The van der Waals surface area contributed by atoms with Gasteiger partial charge in [0.15, 0.2) is 0 Å². The fourth-order valence-electron chi connectivity index (χ4n) is 1.80. The van der Waals surface area contributed by atoms with Crippen LogP contribution in [0.3, 0.4) is 0 Å². The second-order valence-electron chi connectivity index (χ2n) is 4.34. The molecule has 0 unspecified atom stereocenters. The minimum atomic E-state index is -3.48. The SMILES string of the molecule is Cc1nc(C)c(CCNS(=O)(=O)c2ccc(Cl)cc2)s1. The van der Waals surface area contributed by atoms with E-state index in [0.29, 0.717) is 18.0 Å². The van der Waals surface area contributed by atoms with E-state index >= 15 is 0 Å². The van der Waals surface area contributed by atoms with Crippen LogP contribution in [0.1, 0.15) is 15.6 Å². The van der Waals surface area contributed by atoms with Crippen LogP contribution in [0.5, 0.6) is 0 Å². The molecule has 7 heteroatoms. The second kappa shape index (κ2) is 6.22. The van der Waals surface area contributed by atoms with Crippen molar-refractivity contribution in [2.24, 2.45) is 0 Å². The zero-order valence-electron chi connectivity index (χ0n) is 11.2. The Balaban J connectivity index is 1.99. The van der Waals surface area contributed by atoms with Crippen LogP contribution in [0.15, 0.2) is 29.2 Å².